The molecule has 0 saturated carbocycles. The number of aryl methyl sites for hydroxylation is 1. The molecular formula is C22H21ClN2O3S. The van der Waals surface area contributed by atoms with E-state index in [4.69, 9.17) is 11.6 Å². The molecule has 5 nitrogen and oxygen atoms in total. The van der Waals surface area contributed by atoms with Crippen LogP contribution in [0.4, 0.5) is 5.69 Å². The lowest BCUT2D eigenvalue weighted by Gasteiger charge is -2.16. The van der Waals surface area contributed by atoms with E-state index in [2.05, 4.69) is 10.0 Å². The van der Waals surface area contributed by atoms with E-state index in [1.807, 2.05) is 37.3 Å². The van der Waals surface area contributed by atoms with Gasteiger partial charge in [-0.25, -0.2) is 8.42 Å². The molecule has 0 radical (unpaired) electrons. The van der Waals surface area contributed by atoms with Crippen LogP contribution in [0, 0.1) is 6.92 Å². The smallest absolute Gasteiger partial charge is 0.261 e. The monoisotopic (exact) mass is 428 g/mol. The first-order valence-electron chi connectivity index (χ1n) is 9.01. The van der Waals surface area contributed by atoms with E-state index in [9.17, 15) is 13.2 Å². The van der Waals surface area contributed by atoms with Crippen LogP contribution in [0.25, 0.3) is 0 Å². The van der Waals surface area contributed by atoms with Gasteiger partial charge < -0.3 is 5.32 Å². The van der Waals surface area contributed by atoms with Gasteiger partial charge in [-0.2, -0.15) is 0 Å². The number of carbonyl (C=O) groups is 1. The summed E-state index contributed by atoms with van der Waals surface area (Å²) in [5.41, 5.74) is 2.40. The van der Waals surface area contributed by atoms with Gasteiger partial charge in [-0.3, -0.25) is 9.52 Å². The minimum Gasteiger partial charge on any atom is -0.346 e. The van der Waals surface area contributed by atoms with E-state index in [0.717, 1.165) is 5.56 Å². The fourth-order valence-electron chi connectivity index (χ4n) is 2.80. The molecule has 0 spiro atoms. The Morgan fingerprint density at radius 2 is 1.62 bits per heavy atom. The quantitative estimate of drug-likeness (QED) is 0.583. The van der Waals surface area contributed by atoms with Gasteiger partial charge in [0.2, 0.25) is 0 Å². The van der Waals surface area contributed by atoms with Gasteiger partial charge in [-0.05, 0) is 61.4 Å². The Bertz CT molecular complexity index is 1110. The standard InChI is InChI=1S/C22H21ClN2O3S/c1-15-8-9-18(22(26)24-16(2)17-6-4-3-5-7-17)14-21(15)25-29(27,28)20-12-10-19(23)11-13-20/h3-14,16,25H,1-2H3,(H,24,26). The first-order chi connectivity index (χ1) is 13.8. The summed E-state index contributed by atoms with van der Waals surface area (Å²) in [5.74, 6) is -0.284. The Balaban J connectivity index is 1.80. The minimum atomic E-state index is -3.80. The van der Waals surface area contributed by atoms with Crippen molar-refractivity contribution in [3.05, 3.63) is 94.5 Å². The highest BCUT2D eigenvalue weighted by Crippen LogP contribution is 2.23. The van der Waals surface area contributed by atoms with Gasteiger partial charge in [0.25, 0.3) is 15.9 Å². The van der Waals surface area contributed by atoms with Gasteiger partial charge in [0.15, 0.2) is 0 Å². The molecule has 1 unspecified atom stereocenters. The lowest BCUT2D eigenvalue weighted by atomic mass is 10.1. The van der Waals surface area contributed by atoms with Crippen molar-refractivity contribution in [2.75, 3.05) is 4.72 Å². The molecule has 0 aromatic heterocycles. The topological polar surface area (TPSA) is 75.3 Å². The van der Waals surface area contributed by atoms with E-state index >= 15 is 0 Å². The molecule has 0 heterocycles. The van der Waals surface area contributed by atoms with E-state index in [-0.39, 0.29) is 16.8 Å². The van der Waals surface area contributed by atoms with Crippen LogP contribution in [-0.2, 0) is 10.0 Å². The van der Waals surface area contributed by atoms with Crippen molar-refractivity contribution in [2.45, 2.75) is 24.8 Å². The lowest BCUT2D eigenvalue weighted by Crippen LogP contribution is -2.26. The van der Waals surface area contributed by atoms with Crippen LogP contribution >= 0.6 is 11.6 Å². The highest BCUT2D eigenvalue weighted by molar-refractivity contribution is 7.92. The van der Waals surface area contributed by atoms with Crippen LogP contribution < -0.4 is 10.0 Å². The lowest BCUT2D eigenvalue weighted by molar-refractivity contribution is 0.0940. The fourth-order valence-corrected chi connectivity index (χ4v) is 4.04. The van der Waals surface area contributed by atoms with Crippen molar-refractivity contribution < 1.29 is 13.2 Å². The van der Waals surface area contributed by atoms with E-state index in [0.29, 0.717) is 21.8 Å². The molecule has 1 amide bonds. The van der Waals surface area contributed by atoms with E-state index in [1.54, 1.807) is 19.1 Å². The summed E-state index contributed by atoms with van der Waals surface area (Å²) >= 11 is 5.83. The predicted molar refractivity (Wildman–Crippen MR) is 116 cm³/mol. The number of rotatable bonds is 6. The zero-order chi connectivity index (χ0) is 21.0. The molecule has 7 heteroatoms. The van der Waals surface area contributed by atoms with Crippen molar-refractivity contribution >= 4 is 33.2 Å². The molecule has 29 heavy (non-hydrogen) atoms. The van der Waals surface area contributed by atoms with Crippen molar-refractivity contribution in [3.63, 3.8) is 0 Å². The first-order valence-corrected chi connectivity index (χ1v) is 10.9. The highest BCUT2D eigenvalue weighted by atomic mass is 35.5. The maximum absolute atomic E-state index is 12.7. The highest BCUT2D eigenvalue weighted by Gasteiger charge is 2.17. The summed E-state index contributed by atoms with van der Waals surface area (Å²) in [4.78, 5) is 12.8. The average Bonchev–Trinajstić information content (AvgIpc) is 2.70. The number of halogens is 1. The third kappa shape index (κ3) is 5.16. The Labute approximate surface area is 175 Å². The van der Waals surface area contributed by atoms with Gasteiger partial charge in [-0.15, -0.1) is 0 Å². The van der Waals surface area contributed by atoms with Gasteiger partial charge in [0.1, 0.15) is 0 Å². The third-order valence-electron chi connectivity index (χ3n) is 4.52. The summed E-state index contributed by atoms with van der Waals surface area (Å²) in [6.07, 6.45) is 0. The molecule has 150 valence electrons. The number of amides is 1. The van der Waals surface area contributed by atoms with Crippen LogP contribution in [0.2, 0.25) is 5.02 Å². The van der Waals surface area contributed by atoms with Crippen LogP contribution in [-0.4, -0.2) is 14.3 Å². The van der Waals surface area contributed by atoms with Gasteiger partial charge in [0, 0.05) is 10.6 Å². The molecule has 3 rings (SSSR count). The molecule has 3 aromatic rings. The molecule has 0 aliphatic carbocycles. The van der Waals surface area contributed by atoms with Crippen LogP contribution in [0.5, 0.6) is 0 Å². The minimum absolute atomic E-state index is 0.0915. The summed E-state index contributed by atoms with van der Waals surface area (Å²) in [7, 11) is -3.80. The first kappa shape index (κ1) is 20.9. The van der Waals surface area contributed by atoms with Crippen molar-refractivity contribution in [1.29, 1.82) is 0 Å². The SMILES string of the molecule is Cc1ccc(C(=O)NC(C)c2ccccc2)cc1NS(=O)(=O)c1ccc(Cl)cc1. The van der Waals surface area contributed by atoms with E-state index in [1.165, 1.54) is 30.3 Å². The summed E-state index contributed by atoms with van der Waals surface area (Å²) < 4.78 is 27.9. The predicted octanol–water partition coefficient (Wildman–Crippen LogP) is 4.94. The second kappa shape index (κ2) is 8.68. The molecule has 1 atom stereocenters. The molecule has 0 aliphatic rings. The average molecular weight is 429 g/mol. The molecule has 0 aliphatic heterocycles. The number of nitrogens with one attached hydrogen (secondary N) is 2. The molecule has 0 fully saturated rings. The van der Waals surface area contributed by atoms with Gasteiger partial charge in [-0.1, -0.05) is 48.0 Å². The van der Waals surface area contributed by atoms with Crippen molar-refractivity contribution in [2.24, 2.45) is 0 Å². The van der Waals surface area contributed by atoms with Crippen LogP contribution in [0.3, 0.4) is 0 Å². The second-order valence-electron chi connectivity index (χ2n) is 6.69. The van der Waals surface area contributed by atoms with Crippen molar-refractivity contribution in [1.82, 2.24) is 5.32 Å². The molecule has 2 N–H and O–H groups in total. The van der Waals surface area contributed by atoms with Gasteiger partial charge in [0.05, 0.1) is 16.6 Å². The summed E-state index contributed by atoms with van der Waals surface area (Å²) in [6.45, 7) is 3.67. The number of anilines is 1. The van der Waals surface area contributed by atoms with Gasteiger partial charge >= 0.3 is 0 Å². The summed E-state index contributed by atoms with van der Waals surface area (Å²) in [5, 5.41) is 3.38. The number of hydrogen-bond donors (Lipinski definition) is 2. The Hall–Kier alpha value is -2.83. The molecule has 0 bridgehead atoms. The maximum Gasteiger partial charge on any atom is 0.261 e. The third-order valence-corrected chi connectivity index (χ3v) is 6.15. The zero-order valence-corrected chi connectivity index (χ0v) is 17.6. The van der Waals surface area contributed by atoms with Crippen LogP contribution in [0.15, 0.2) is 77.7 Å². The Kier molecular flexibility index (Phi) is 6.25. The normalized spacial score (nSPS) is 12.2. The van der Waals surface area contributed by atoms with Crippen molar-refractivity contribution in [3.8, 4) is 0 Å². The summed E-state index contributed by atoms with van der Waals surface area (Å²) in [6, 6.07) is 20.2. The molecule has 0 saturated heterocycles. The maximum atomic E-state index is 12.7. The zero-order valence-electron chi connectivity index (χ0n) is 16.0. The number of carbonyl (C=O) groups excluding carboxylic acids is 1. The van der Waals surface area contributed by atoms with Crippen LogP contribution in [0.1, 0.15) is 34.5 Å². The number of hydrogen-bond acceptors (Lipinski definition) is 3. The van der Waals surface area contributed by atoms with E-state index < -0.39 is 10.0 Å². The Morgan fingerprint density at radius 1 is 0.966 bits per heavy atom. The Morgan fingerprint density at radius 3 is 2.28 bits per heavy atom. The number of sulfonamides is 1. The molecular weight excluding hydrogens is 408 g/mol. The fraction of sp³-hybridized carbons (Fsp3) is 0.136. The number of benzene rings is 3. The largest absolute Gasteiger partial charge is 0.346 e. The second-order valence-corrected chi connectivity index (χ2v) is 8.81. The molecule has 3 aromatic carbocycles.